The standard InChI is InChI=1S/C16H24N2O3/c1-5-18(6-2)14-9-7-13(8-10-14)16(20)21-11-15(19)17-12(3)4/h7-10,12H,5-6,11H2,1-4H3,(H,17,19). The lowest BCUT2D eigenvalue weighted by Gasteiger charge is -2.20. The SMILES string of the molecule is CCN(CC)c1ccc(C(=O)OCC(=O)NC(C)C)cc1. The zero-order valence-corrected chi connectivity index (χ0v) is 13.2. The predicted molar refractivity (Wildman–Crippen MR) is 83.6 cm³/mol. The minimum Gasteiger partial charge on any atom is -0.452 e. The number of hydrogen-bond acceptors (Lipinski definition) is 4. The number of nitrogens with one attached hydrogen (secondary N) is 1. The lowest BCUT2D eigenvalue weighted by atomic mass is 10.2. The van der Waals surface area contributed by atoms with Crippen LogP contribution in [-0.2, 0) is 9.53 Å². The number of rotatable bonds is 7. The first-order valence-corrected chi connectivity index (χ1v) is 7.29. The van der Waals surface area contributed by atoms with E-state index in [-0.39, 0.29) is 18.6 Å². The molecular formula is C16H24N2O3. The van der Waals surface area contributed by atoms with E-state index in [4.69, 9.17) is 4.74 Å². The highest BCUT2D eigenvalue weighted by atomic mass is 16.5. The van der Waals surface area contributed by atoms with Gasteiger partial charge >= 0.3 is 5.97 Å². The normalized spacial score (nSPS) is 10.3. The molecule has 0 radical (unpaired) electrons. The van der Waals surface area contributed by atoms with Gasteiger partial charge in [-0.1, -0.05) is 0 Å². The molecule has 0 aliphatic carbocycles. The fraction of sp³-hybridized carbons (Fsp3) is 0.500. The molecule has 0 aliphatic rings. The molecule has 0 unspecified atom stereocenters. The molecule has 1 aromatic carbocycles. The monoisotopic (exact) mass is 292 g/mol. The second-order valence-electron chi connectivity index (χ2n) is 5.02. The average molecular weight is 292 g/mol. The van der Waals surface area contributed by atoms with Crippen molar-refractivity contribution >= 4 is 17.6 Å². The maximum absolute atomic E-state index is 11.8. The Hall–Kier alpha value is -2.04. The van der Waals surface area contributed by atoms with Gasteiger partial charge in [-0.3, -0.25) is 4.79 Å². The van der Waals surface area contributed by atoms with Gasteiger partial charge < -0.3 is 15.0 Å². The fourth-order valence-corrected chi connectivity index (χ4v) is 1.98. The van der Waals surface area contributed by atoms with Crippen LogP contribution in [0.25, 0.3) is 0 Å². The summed E-state index contributed by atoms with van der Waals surface area (Å²) in [6, 6.07) is 7.24. The molecule has 1 amide bonds. The molecule has 21 heavy (non-hydrogen) atoms. The molecule has 1 rings (SSSR count). The molecule has 0 saturated heterocycles. The number of amides is 1. The van der Waals surface area contributed by atoms with Crippen LogP contribution in [0, 0.1) is 0 Å². The zero-order valence-electron chi connectivity index (χ0n) is 13.2. The Morgan fingerprint density at radius 2 is 1.71 bits per heavy atom. The van der Waals surface area contributed by atoms with Crippen molar-refractivity contribution in [3.05, 3.63) is 29.8 Å². The third-order valence-corrected chi connectivity index (χ3v) is 3.02. The molecule has 5 heteroatoms. The van der Waals surface area contributed by atoms with Crippen LogP contribution in [0.3, 0.4) is 0 Å². The van der Waals surface area contributed by atoms with Crippen LogP contribution in [0.15, 0.2) is 24.3 Å². The number of benzene rings is 1. The van der Waals surface area contributed by atoms with Crippen molar-refractivity contribution < 1.29 is 14.3 Å². The van der Waals surface area contributed by atoms with Gasteiger partial charge in [0.1, 0.15) is 0 Å². The van der Waals surface area contributed by atoms with Crippen LogP contribution in [-0.4, -0.2) is 37.6 Å². The molecule has 5 nitrogen and oxygen atoms in total. The van der Waals surface area contributed by atoms with Gasteiger partial charge in [0.05, 0.1) is 5.56 Å². The number of esters is 1. The highest BCUT2D eigenvalue weighted by Crippen LogP contribution is 2.15. The first kappa shape index (κ1) is 17.0. The molecule has 0 atom stereocenters. The van der Waals surface area contributed by atoms with E-state index in [0.717, 1.165) is 18.8 Å². The van der Waals surface area contributed by atoms with Crippen LogP contribution in [0.2, 0.25) is 0 Å². The molecule has 0 bridgehead atoms. The summed E-state index contributed by atoms with van der Waals surface area (Å²) in [6.45, 7) is 9.44. The predicted octanol–water partition coefficient (Wildman–Crippen LogP) is 2.21. The fourth-order valence-electron chi connectivity index (χ4n) is 1.98. The van der Waals surface area contributed by atoms with Crippen LogP contribution >= 0.6 is 0 Å². The van der Waals surface area contributed by atoms with Crippen molar-refractivity contribution in [3.8, 4) is 0 Å². The van der Waals surface area contributed by atoms with E-state index in [2.05, 4.69) is 24.1 Å². The molecule has 0 heterocycles. The van der Waals surface area contributed by atoms with Gasteiger partial charge in [-0.15, -0.1) is 0 Å². The highest BCUT2D eigenvalue weighted by molar-refractivity contribution is 5.91. The van der Waals surface area contributed by atoms with E-state index >= 15 is 0 Å². The third kappa shape index (κ3) is 5.45. The molecule has 1 N–H and O–H groups in total. The van der Waals surface area contributed by atoms with E-state index in [1.807, 2.05) is 26.0 Å². The van der Waals surface area contributed by atoms with Crippen molar-refractivity contribution in [3.63, 3.8) is 0 Å². The number of nitrogens with zero attached hydrogens (tertiary/aromatic N) is 1. The van der Waals surface area contributed by atoms with Gasteiger partial charge in [0.25, 0.3) is 5.91 Å². The minimum atomic E-state index is -0.486. The molecule has 0 aromatic heterocycles. The van der Waals surface area contributed by atoms with Crippen molar-refractivity contribution in [1.82, 2.24) is 5.32 Å². The molecular weight excluding hydrogens is 268 g/mol. The Kier molecular flexibility index (Phi) is 6.72. The van der Waals surface area contributed by atoms with E-state index < -0.39 is 5.97 Å². The van der Waals surface area contributed by atoms with Crippen molar-refractivity contribution in [2.75, 3.05) is 24.6 Å². The van der Waals surface area contributed by atoms with Crippen LogP contribution in [0.4, 0.5) is 5.69 Å². The molecule has 0 saturated carbocycles. The number of anilines is 1. The lowest BCUT2D eigenvalue weighted by Crippen LogP contribution is -2.34. The zero-order chi connectivity index (χ0) is 15.8. The summed E-state index contributed by atoms with van der Waals surface area (Å²) in [5.74, 6) is -0.780. The van der Waals surface area contributed by atoms with E-state index in [1.54, 1.807) is 12.1 Å². The minimum absolute atomic E-state index is 0.0320. The summed E-state index contributed by atoms with van der Waals surface area (Å²) in [4.78, 5) is 25.4. The summed E-state index contributed by atoms with van der Waals surface area (Å²) in [5, 5.41) is 2.67. The number of carbonyl (C=O) groups is 2. The number of ether oxygens (including phenoxy) is 1. The Balaban J connectivity index is 2.57. The summed E-state index contributed by atoms with van der Waals surface area (Å²) in [7, 11) is 0. The topological polar surface area (TPSA) is 58.6 Å². The van der Waals surface area contributed by atoms with Gasteiger partial charge in [0.15, 0.2) is 6.61 Å². The van der Waals surface area contributed by atoms with Crippen LogP contribution < -0.4 is 10.2 Å². The smallest absolute Gasteiger partial charge is 0.338 e. The summed E-state index contributed by atoms with van der Waals surface area (Å²) < 4.78 is 4.98. The van der Waals surface area contributed by atoms with Gasteiger partial charge in [0.2, 0.25) is 0 Å². The number of carbonyl (C=O) groups excluding carboxylic acids is 2. The Morgan fingerprint density at radius 3 is 2.19 bits per heavy atom. The first-order valence-electron chi connectivity index (χ1n) is 7.29. The number of hydrogen-bond donors (Lipinski definition) is 1. The van der Waals surface area contributed by atoms with Gasteiger partial charge in [-0.2, -0.15) is 0 Å². The van der Waals surface area contributed by atoms with Crippen molar-refractivity contribution in [2.45, 2.75) is 33.7 Å². The van der Waals surface area contributed by atoms with E-state index in [9.17, 15) is 9.59 Å². The largest absolute Gasteiger partial charge is 0.452 e. The Morgan fingerprint density at radius 1 is 1.14 bits per heavy atom. The maximum Gasteiger partial charge on any atom is 0.338 e. The summed E-state index contributed by atoms with van der Waals surface area (Å²) >= 11 is 0. The van der Waals surface area contributed by atoms with Crippen molar-refractivity contribution in [1.29, 1.82) is 0 Å². The van der Waals surface area contributed by atoms with Gasteiger partial charge in [-0.25, -0.2) is 4.79 Å². The average Bonchev–Trinajstić information content (AvgIpc) is 2.46. The molecule has 0 fully saturated rings. The summed E-state index contributed by atoms with van der Waals surface area (Å²) in [5.41, 5.74) is 1.51. The quantitative estimate of drug-likeness (QED) is 0.783. The van der Waals surface area contributed by atoms with Gasteiger partial charge in [-0.05, 0) is 52.0 Å². The molecule has 0 spiro atoms. The third-order valence-electron chi connectivity index (χ3n) is 3.02. The van der Waals surface area contributed by atoms with Gasteiger partial charge in [0, 0.05) is 24.8 Å². The van der Waals surface area contributed by atoms with Crippen LogP contribution in [0.1, 0.15) is 38.1 Å². The second kappa shape index (κ2) is 8.29. The Bertz CT molecular complexity index is 465. The van der Waals surface area contributed by atoms with E-state index in [0.29, 0.717) is 5.56 Å². The Labute approximate surface area is 126 Å². The van der Waals surface area contributed by atoms with Crippen LogP contribution in [0.5, 0.6) is 0 Å². The lowest BCUT2D eigenvalue weighted by molar-refractivity contribution is -0.124. The van der Waals surface area contributed by atoms with Crippen molar-refractivity contribution in [2.24, 2.45) is 0 Å². The first-order chi connectivity index (χ1) is 9.97. The second-order valence-corrected chi connectivity index (χ2v) is 5.02. The highest BCUT2D eigenvalue weighted by Gasteiger charge is 2.11. The molecule has 0 aliphatic heterocycles. The summed E-state index contributed by atoms with van der Waals surface area (Å²) in [6.07, 6.45) is 0. The van der Waals surface area contributed by atoms with E-state index in [1.165, 1.54) is 0 Å². The maximum atomic E-state index is 11.8. The molecule has 1 aromatic rings. The molecule has 116 valence electrons.